The van der Waals surface area contributed by atoms with Gasteiger partial charge in [0.1, 0.15) is 0 Å². The molecule has 186 valence electrons. The lowest BCUT2D eigenvalue weighted by Crippen LogP contribution is -2.36. The van der Waals surface area contributed by atoms with E-state index in [4.69, 9.17) is 10.5 Å². The Kier molecular flexibility index (Phi) is 10.2. The number of hydrogen-bond donors (Lipinski definition) is 3. The van der Waals surface area contributed by atoms with Crippen molar-refractivity contribution in [3.63, 3.8) is 0 Å². The maximum absolute atomic E-state index is 12.6. The molecule has 2 aromatic rings. The van der Waals surface area contributed by atoms with Gasteiger partial charge in [-0.05, 0) is 49.2 Å². The highest BCUT2D eigenvalue weighted by molar-refractivity contribution is 8.00. The van der Waals surface area contributed by atoms with Gasteiger partial charge in [0.05, 0.1) is 11.3 Å². The van der Waals surface area contributed by atoms with Crippen LogP contribution in [0.25, 0.3) is 0 Å². The Morgan fingerprint density at radius 3 is 2.23 bits per heavy atom. The van der Waals surface area contributed by atoms with Crippen molar-refractivity contribution in [1.29, 1.82) is 0 Å². The zero-order chi connectivity index (χ0) is 25.0. The molecule has 0 spiro atoms. The zero-order valence-electron chi connectivity index (χ0n) is 19.6. The second kappa shape index (κ2) is 13.5. The molecule has 3 rings (SSSR count). The fourth-order valence-electron chi connectivity index (χ4n) is 3.90. The molecule has 4 N–H and O–H groups in total. The first-order valence-corrected chi connectivity index (χ1v) is 12.8. The van der Waals surface area contributed by atoms with Gasteiger partial charge in [-0.25, -0.2) is 4.79 Å². The molecule has 0 aromatic heterocycles. The van der Waals surface area contributed by atoms with E-state index in [1.54, 1.807) is 24.3 Å². The summed E-state index contributed by atoms with van der Waals surface area (Å²) in [5.41, 5.74) is 6.27. The first-order valence-electron chi connectivity index (χ1n) is 11.8. The lowest BCUT2D eigenvalue weighted by atomic mass is 9.97. The van der Waals surface area contributed by atoms with Crippen LogP contribution in [0, 0.1) is 0 Å². The largest absolute Gasteiger partial charge is 0.452 e. The molecule has 0 heterocycles. The summed E-state index contributed by atoms with van der Waals surface area (Å²) in [7, 11) is 0. The van der Waals surface area contributed by atoms with Crippen LogP contribution >= 0.6 is 11.8 Å². The van der Waals surface area contributed by atoms with Crippen molar-refractivity contribution in [1.82, 2.24) is 5.32 Å². The number of carbonyl (C=O) groups is 4. The van der Waals surface area contributed by atoms with Crippen LogP contribution < -0.4 is 16.4 Å². The Balaban J connectivity index is 1.48. The summed E-state index contributed by atoms with van der Waals surface area (Å²) in [6.45, 7) is -0.475. The molecule has 0 saturated heterocycles. The number of rotatable bonds is 9. The van der Waals surface area contributed by atoms with Crippen LogP contribution in [0.4, 0.5) is 5.69 Å². The number of thioether (sulfide) groups is 1. The monoisotopic (exact) mass is 497 g/mol. The van der Waals surface area contributed by atoms with Crippen molar-refractivity contribution in [3.8, 4) is 0 Å². The first kappa shape index (κ1) is 26.3. The fourth-order valence-corrected chi connectivity index (χ4v) is 4.75. The van der Waals surface area contributed by atoms with E-state index in [1.165, 1.54) is 55.3 Å². The highest BCUT2D eigenvalue weighted by Gasteiger charge is 2.18. The molecule has 9 heteroatoms. The minimum Gasteiger partial charge on any atom is -0.452 e. The Hall–Kier alpha value is -3.33. The molecule has 35 heavy (non-hydrogen) atoms. The van der Waals surface area contributed by atoms with Crippen LogP contribution in [0.2, 0.25) is 0 Å². The molecular weight excluding hydrogens is 466 g/mol. The third-order valence-electron chi connectivity index (χ3n) is 5.72. The lowest BCUT2D eigenvalue weighted by molar-refractivity contribution is -0.120. The summed E-state index contributed by atoms with van der Waals surface area (Å²) >= 11 is 1.27. The third-order valence-corrected chi connectivity index (χ3v) is 6.80. The normalized spacial score (nSPS) is 14.3. The Bertz CT molecular complexity index is 1030. The van der Waals surface area contributed by atoms with Crippen LogP contribution in [-0.4, -0.2) is 42.1 Å². The molecule has 0 aliphatic heterocycles. The van der Waals surface area contributed by atoms with E-state index in [9.17, 15) is 19.2 Å². The van der Waals surface area contributed by atoms with Gasteiger partial charge in [-0.2, -0.15) is 0 Å². The predicted octanol–water partition coefficient (Wildman–Crippen LogP) is 3.90. The van der Waals surface area contributed by atoms with Crippen molar-refractivity contribution in [3.05, 3.63) is 59.7 Å². The molecule has 1 aliphatic carbocycles. The molecule has 8 nitrogen and oxygen atoms in total. The molecule has 0 atom stereocenters. The van der Waals surface area contributed by atoms with E-state index in [0.717, 1.165) is 25.7 Å². The average molecular weight is 498 g/mol. The third kappa shape index (κ3) is 8.75. The van der Waals surface area contributed by atoms with Gasteiger partial charge >= 0.3 is 5.97 Å². The number of hydrogen-bond acceptors (Lipinski definition) is 6. The molecule has 0 radical (unpaired) electrons. The van der Waals surface area contributed by atoms with Gasteiger partial charge in [0.25, 0.3) is 5.91 Å². The number of primary amides is 1. The number of anilines is 1. The summed E-state index contributed by atoms with van der Waals surface area (Å²) in [4.78, 5) is 49.0. The van der Waals surface area contributed by atoms with E-state index >= 15 is 0 Å². The van der Waals surface area contributed by atoms with Gasteiger partial charge in [0, 0.05) is 22.2 Å². The van der Waals surface area contributed by atoms with Gasteiger partial charge in [0.15, 0.2) is 6.61 Å². The van der Waals surface area contributed by atoms with E-state index < -0.39 is 24.4 Å². The molecule has 1 aliphatic rings. The van der Waals surface area contributed by atoms with Crippen molar-refractivity contribution in [2.45, 2.75) is 55.9 Å². The van der Waals surface area contributed by atoms with Crippen LogP contribution in [0.5, 0.6) is 0 Å². The van der Waals surface area contributed by atoms with Crippen LogP contribution in [0.3, 0.4) is 0 Å². The fraction of sp³-hybridized carbons (Fsp3) is 0.385. The Morgan fingerprint density at radius 2 is 1.54 bits per heavy atom. The lowest BCUT2D eigenvalue weighted by Gasteiger charge is -2.21. The maximum Gasteiger partial charge on any atom is 0.339 e. The maximum atomic E-state index is 12.6. The molecule has 3 amide bonds. The summed E-state index contributed by atoms with van der Waals surface area (Å²) in [5.74, 6) is -1.58. The zero-order valence-corrected chi connectivity index (χ0v) is 20.4. The van der Waals surface area contributed by atoms with Crippen molar-refractivity contribution >= 4 is 41.1 Å². The van der Waals surface area contributed by atoms with Gasteiger partial charge in [-0.1, -0.05) is 44.2 Å². The molecule has 1 fully saturated rings. The predicted molar refractivity (Wildman–Crippen MR) is 135 cm³/mol. The smallest absolute Gasteiger partial charge is 0.339 e. The number of nitrogens with one attached hydrogen (secondary N) is 2. The minimum absolute atomic E-state index is 0.0505. The van der Waals surface area contributed by atoms with Crippen molar-refractivity contribution in [2.24, 2.45) is 5.73 Å². The SMILES string of the molecule is NC(=O)c1ccc(NC(=O)COC(=O)c2ccccc2SCC(=O)NC2CCCCCCC2)cc1. The van der Waals surface area contributed by atoms with Gasteiger partial charge in [0.2, 0.25) is 11.8 Å². The number of ether oxygens (including phenoxy) is 1. The molecule has 1 saturated carbocycles. The first-order chi connectivity index (χ1) is 16.9. The standard InChI is InChI=1S/C26H31N3O5S/c27-25(32)18-12-14-20(15-13-18)28-23(30)16-34-26(33)21-10-6-7-11-22(21)35-17-24(31)29-19-8-4-2-1-3-5-9-19/h6-7,10-15,19H,1-5,8-9,16-17H2,(H2,27,32)(H,28,30)(H,29,31). The number of benzene rings is 2. The summed E-state index contributed by atoms with van der Waals surface area (Å²) in [6.07, 6.45) is 8.01. The molecule has 2 aromatic carbocycles. The van der Waals surface area contributed by atoms with E-state index in [-0.39, 0.29) is 17.7 Å². The van der Waals surface area contributed by atoms with E-state index in [2.05, 4.69) is 10.6 Å². The summed E-state index contributed by atoms with van der Waals surface area (Å²) in [6, 6.07) is 13.1. The van der Waals surface area contributed by atoms with Crippen molar-refractivity contribution in [2.75, 3.05) is 17.7 Å². The summed E-state index contributed by atoms with van der Waals surface area (Å²) < 4.78 is 5.18. The Labute approximate surface area is 209 Å². The molecule has 0 unspecified atom stereocenters. The minimum atomic E-state index is -0.646. The van der Waals surface area contributed by atoms with Crippen LogP contribution in [-0.2, 0) is 14.3 Å². The van der Waals surface area contributed by atoms with E-state index in [1.807, 2.05) is 0 Å². The quantitative estimate of drug-likeness (QED) is 0.356. The highest BCUT2D eigenvalue weighted by atomic mass is 32.2. The second-order valence-electron chi connectivity index (χ2n) is 8.46. The highest BCUT2D eigenvalue weighted by Crippen LogP contribution is 2.24. The van der Waals surface area contributed by atoms with Crippen LogP contribution in [0.1, 0.15) is 65.7 Å². The van der Waals surface area contributed by atoms with Gasteiger partial charge in [-0.3, -0.25) is 14.4 Å². The van der Waals surface area contributed by atoms with Gasteiger partial charge in [-0.15, -0.1) is 11.8 Å². The Morgan fingerprint density at radius 1 is 0.886 bits per heavy atom. The number of amides is 3. The van der Waals surface area contributed by atoms with Crippen molar-refractivity contribution < 1.29 is 23.9 Å². The number of nitrogens with two attached hydrogens (primary N) is 1. The van der Waals surface area contributed by atoms with Gasteiger partial charge < -0.3 is 21.1 Å². The molecule has 0 bridgehead atoms. The second-order valence-corrected chi connectivity index (χ2v) is 9.48. The molecular formula is C26H31N3O5S. The summed E-state index contributed by atoms with van der Waals surface area (Å²) in [5, 5.41) is 5.71. The average Bonchev–Trinajstić information content (AvgIpc) is 2.83. The number of carbonyl (C=O) groups excluding carboxylic acids is 4. The topological polar surface area (TPSA) is 128 Å². The van der Waals surface area contributed by atoms with Crippen LogP contribution in [0.15, 0.2) is 53.4 Å². The van der Waals surface area contributed by atoms with E-state index in [0.29, 0.717) is 21.7 Å². The number of esters is 1.